The van der Waals surface area contributed by atoms with Crippen molar-refractivity contribution in [1.82, 2.24) is 0 Å². The molecule has 0 amide bonds. The molecule has 2 aliphatic rings. The Labute approximate surface area is 126 Å². The second kappa shape index (κ2) is 7.35. The van der Waals surface area contributed by atoms with E-state index < -0.39 is 30.7 Å². The third kappa shape index (κ3) is 3.75. The molecule has 4 N–H and O–H groups in total. The minimum atomic E-state index is -0.813. The van der Waals surface area contributed by atoms with Gasteiger partial charge in [0.1, 0.15) is 18.3 Å². The Morgan fingerprint density at radius 2 is 1.95 bits per heavy atom. The molecule has 0 radical (unpaired) electrons. The summed E-state index contributed by atoms with van der Waals surface area (Å²) in [6.07, 6.45) is 0.169. The van der Waals surface area contributed by atoms with E-state index in [1.807, 2.05) is 6.92 Å². The first kappa shape index (κ1) is 17.1. The number of ether oxygens (including phenoxy) is 3. The normalized spacial score (nSPS) is 48.3. The van der Waals surface area contributed by atoms with Gasteiger partial charge < -0.3 is 30.2 Å². The van der Waals surface area contributed by atoms with Crippen LogP contribution in [0.5, 0.6) is 0 Å². The van der Waals surface area contributed by atoms with Gasteiger partial charge in [-0.15, -0.1) is 0 Å². The van der Waals surface area contributed by atoms with Gasteiger partial charge in [-0.05, 0) is 31.6 Å². The second-order valence-corrected chi connectivity index (χ2v) is 6.35. The highest BCUT2D eigenvalue weighted by Gasteiger charge is 2.44. The molecule has 8 atom stereocenters. The second-order valence-electron chi connectivity index (χ2n) is 6.35. The van der Waals surface area contributed by atoms with Crippen LogP contribution in [0.3, 0.4) is 0 Å². The molecule has 124 valence electrons. The largest absolute Gasteiger partial charge is 0.388 e. The molecule has 0 aromatic heterocycles. The molecule has 0 spiro atoms. The number of aliphatic hydroxyl groups excluding tert-OH is 2. The van der Waals surface area contributed by atoms with Crippen molar-refractivity contribution in [1.29, 1.82) is 0 Å². The maximum absolute atomic E-state index is 10.4. The van der Waals surface area contributed by atoms with Crippen molar-refractivity contribution in [2.75, 3.05) is 7.11 Å². The van der Waals surface area contributed by atoms with E-state index in [9.17, 15) is 10.2 Å². The molecule has 0 aromatic carbocycles. The average Bonchev–Trinajstić information content (AvgIpc) is 2.45. The number of hydrogen-bond acceptors (Lipinski definition) is 6. The number of hydrogen-bond donors (Lipinski definition) is 3. The van der Waals surface area contributed by atoms with Crippen LogP contribution in [0.25, 0.3) is 0 Å². The summed E-state index contributed by atoms with van der Waals surface area (Å²) in [6.45, 7) is 4.05. The zero-order valence-electron chi connectivity index (χ0n) is 13.1. The molecule has 1 aliphatic heterocycles. The Kier molecular flexibility index (Phi) is 5.99. The highest BCUT2D eigenvalue weighted by Crippen LogP contribution is 2.32. The molecular weight excluding hydrogens is 274 g/mol. The first-order valence-electron chi connectivity index (χ1n) is 7.93. The van der Waals surface area contributed by atoms with Crippen molar-refractivity contribution in [2.45, 2.75) is 82.4 Å². The van der Waals surface area contributed by atoms with Gasteiger partial charge in [-0.25, -0.2) is 0 Å². The van der Waals surface area contributed by atoms with Crippen LogP contribution in [-0.4, -0.2) is 60.2 Å². The predicted molar refractivity (Wildman–Crippen MR) is 77.6 cm³/mol. The first-order chi connectivity index (χ1) is 9.97. The molecule has 0 aromatic rings. The predicted octanol–water partition coefficient (Wildman–Crippen LogP) is 0.391. The Balaban J connectivity index is 2.02. The van der Waals surface area contributed by atoms with Crippen molar-refractivity contribution in [2.24, 2.45) is 11.7 Å². The van der Waals surface area contributed by atoms with Crippen LogP contribution in [0.2, 0.25) is 0 Å². The summed E-state index contributed by atoms with van der Waals surface area (Å²) in [5.74, 6) is 0.0826. The third-order valence-electron chi connectivity index (χ3n) is 4.74. The molecular formula is C15H29NO5. The van der Waals surface area contributed by atoms with E-state index >= 15 is 0 Å². The standard InChI is InChI=1S/C15H29NO5/c1-4-9-5-6-11(17)15(20-9)21-13-8(2)7-10(16)14(19-3)12(13)18/h8-15,17-18H,4-7,16H2,1-3H3. The zero-order chi connectivity index (χ0) is 15.6. The van der Waals surface area contributed by atoms with Gasteiger partial charge in [0, 0.05) is 13.2 Å². The molecule has 6 nitrogen and oxygen atoms in total. The molecule has 8 unspecified atom stereocenters. The molecule has 2 rings (SSSR count). The number of methoxy groups -OCH3 is 1. The van der Waals surface area contributed by atoms with Crippen molar-refractivity contribution >= 4 is 0 Å². The van der Waals surface area contributed by atoms with Gasteiger partial charge in [0.2, 0.25) is 0 Å². The number of nitrogens with two attached hydrogens (primary N) is 1. The highest BCUT2D eigenvalue weighted by atomic mass is 16.7. The zero-order valence-corrected chi connectivity index (χ0v) is 13.1. The van der Waals surface area contributed by atoms with E-state index in [1.165, 1.54) is 0 Å². The van der Waals surface area contributed by atoms with E-state index in [1.54, 1.807) is 7.11 Å². The smallest absolute Gasteiger partial charge is 0.184 e. The molecule has 6 heteroatoms. The van der Waals surface area contributed by atoms with Crippen LogP contribution in [0.1, 0.15) is 39.5 Å². The monoisotopic (exact) mass is 303 g/mol. The molecule has 2 fully saturated rings. The van der Waals surface area contributed by atoms with E-state index in [4.69, 9.17) is 19.9 Å². The summed E-state index contributed by atoms with van der Waals surface area (Å²) in [6, 6.07) is -0.208. The minimum absolute atomic E-state index is 0.0826. The maximum Gasteiger partial charge on any atom is 0.184 e. The fraction of sp³-hybridized carbons (Fsp3) is 1.00. The van der Waals surface area contributed by atoms with Gasteiger partial charge in [0.15, 0.2) is 6.29 Å². The fourth-order valence-electron chi connectivity index (χ4n) is 3.42. The van der Waals surface area contributed by atoms with E-state index in [2.05, 4.69) is 6.92 Å². The van der Waals surface area contributed by atoms with Crippen LogP contribution in [0.4, 0.5) is 0 Å². The van der Waals surface area contributed by atoms with Crippen molar-refractivity contribution in [3.8, 4) is 0 Å². The van der Waals surface area contributed by atoms with Gasteiger partial charge in [-0.3, -0.25) is 0 Å². The lowest BCUT2D eigenvalue weighted by Gasteiger charge is -2.44. The maximum atomic E-state index is 10.4. The van der Waals surface area contributed by atoms with Crippen LogP contribution in [0.15, 0.2) is 0 Å². The van der Waals surface area contributed by atoms with Gasteiger partial charge in [0.25, 0.3) is 0 Å². The topological polar surface area (TPSA) is 94.2 Å². The lowest BCUT2D eigenvalue weighted by Crippen LogP contribution is -2.59. The summed E-state index contributed by atoms with van der Waals surface area (Å²) < 4.78 is 17.0. The Morgan fingerprint density at radius 1 is 1.24 bits per heavy atom. The summed E-state index contributed by atoms with van der Waals surface area (Å²) in [5, 5.41) is 20.5. The Morgan fingerprint density at radius 3 is 2.57 bits per heavy atom. The summed E-state index contributed by atoms with van der Waals surface area (Å²) in [5.41, 5.74) is 6.02. The summed E-state index contributed by atoms with van der Waals surface area (Å²) >= 11 is 0. The molecule has 1 saturated heterocycles. The Bertz CT molecular complexity index is 329. The first-order valence-corrected chi connectivity index (χ1v) is 7.93. The number of aliphatic hydroxyl groups is 2. The quantitative estimate of drug-likeness (QED) is 0.695. The van der Waals surface area contributed by atoms with Crippen molar-refractivity contribution in [3.05, 3.63) is 0 Å². The average molecular weight is 303 g/mol. The summed E-state index contributed by atoms with van der Waals surface area (Å²) in [4.78, 5) is 0. The van der Waals surface area contributed by atoms with Crippen molar-refractivity contribution < 1.29 is 24.4 Å². The van der Waals surface area contributed by atoms with Gasteiger partial charge in [-0.2, -0.15) is 0 Å². The van der Waals surface area contributed by atoms with E-state index in [0.29, 0.717) is 12.8 Å². The van der Waals surface area contributed by atoms with Crippen molar-refractivity contribution in [3.63, 3.8) is 0 Å². The fourth-order valence-corrected chi connectivity index (χ4v) is 3.42. The third-order valence-corrected chi connectivity index (χ3v) is 4.74. The van der Waals surface area contributed by atoms with Gasteiger partial charge in [0.05, 0.1) is 12.2 Å². The van der Waals surface area contributed by atoms with Gasteiger partial charge >= 0.3 is 0 Å². The Hall–Kier alpha value is -0.240. The van der Waals surface area contributed by atoms with Crippen LogP contribution in [-0.2, 0) is 14.2 Å². The number of rotatable bonds is 4. The van der Waals surface area contributed by atoms with Crippen LogP contribution < -0.4 is 5.73 Å². The molecule has 21 heavy (non-hydrogen) atoms. The lowest BCUT2D eigenvalue weighted by molar-refractivity contribution is -0.285. The van der Waals surface area contributed by atoms with E-state index in [-0.39, 0.29) is 18.1 Å². The van der Waals surface area contributed by atoms with Gasteiger partial charge in [-0.1, -0.05) is 13.8 Å². The van der Waals surface area contributed by atoms with Crippen LogP contribution in [0, 0.1) is 5.92 Å². The summed E-state index contributed by atoms with van der Waals surface area (Å²) in [7, 11) is 1.54. The highest BCUT2D eigenvalue weighted by molar-refractivity contribution is 4.95. The molecule has 1 aliphatic carbocycles. The van der Waals surface area contributed by atoms with Crippen LogP contribution >= 0.6 is 0 Å². The molecule has 1 heterocycles. The SMILES string of the molecule is CCC1CCC(O)C(OC2C(C)CC(N)C(OC)C2O)O1. The molecule has 0 bridgehead atoms. The molecule has 1 saturated carbocycles. The lowest BCUT2D eigenvalue weighted by atomic mass is 9.80. The van der Waals surface area contributed by atoms with E-state index in [0.717, 1.165) is 12.8 Å². The minimum Gasteiger partial charge on any atom is -0.388 e.